The third-order valence-corrected chi connectivity index (χ3v) is 4.94. The van der Waals surface area contributed by atoms with Gasteiger partial charge in [0.25, 0.3) is 5.91 Å². The van der Waals surface area contributed by atoms with E-state index in [0.717, 1.165) is 27.7 Å². The van der Waals surface area contributed by atoms with Crippen LogP contribution in [0.25, 0.3) is 16.2 Å². The van der Waals surface area contributed by atoms with E-state index >= 15 is 0 Å². The second-order valence-corrected chi connectivity index (χ2v) is 7.05. The van der Waals surface area contributed by atoms with Crippen molar-refractivity contribution in [3.63, 3.8) is 0 Å². The Morgan fingerprint density at radius 2 is 2.00 bits per heavy atom. The smallest absolute Gasteiger partial charge is 0.271 e. The maximum atomic E-state index is 12.3. The van der Waals surface area contributed by atoms with Gasteiger partial charge in [0.1, 0.15) is 5.69 Å². The van der Waals surface area contributed by atoms with Crippen molar-refractivity contribution in [1.29, 1.82) is 0 Å². The highest BCUT2D eigenvalue weighted by atomic mass is 32.1. The van der Waals surface area contributed by atoms with Gasteiger partial charge in [-0.05, 0) is 32.0 Å². The molecule has 0 saturated carbocycles. The predicted molar refractivity (Wildman–Crippen MR) is 104 cm³/mol. The number of fused-ring (bicyclic) bond motifs is 1. The number of amides is 1. The molecular weight excluding hydrogens is 360 g/mol. The van der Waals surface area contributed by atoms with Crippen molar-refractivity contribution in [3.05, 3.63) is 64.7 Å². The Balaban J connectivity index is 1.38. The summed E-state index contributed by atoms with van der Waals surface area (Å²) in [6, 6.07) is 9.50. The lowest BCUT2D eigenvalue weighted by Crippen LogP contribution is -2.26. The standard InChI is InChI=1S/C19H18N6OS/c1-12-9-13(2)25(24-12)19-22-14(11-27-19)7-8-20-18(26)17-10-21-15-5-3-4-6-16(15)23-17/h3-6,9-11H,7-8H2,1-2H3,(H,20,26). The topological polar surface area (TPSA) is 85.6 Å². The normalized spacial score (nSPS) is 11.0. The molecule has 0 saturated heterocycles. The summed E-state index contributed by atoms with van der Waals surface area (Å²) in [6.45, 7) is 4.45. The number of hydrogen-bond donors (Lipinski definition) is 1. The number of nitrogens with one attached hydrogen (secondary N) is 1. The van der Waals surface area contributed by atoms with Gasteiger partial charge in [-0.2, -0.15) is 5.10 Å². The zero-order valence-corrected chi connectivity index (χ0v) is 15.8. The molecule has 0 spiro atoms. The lowest BCUT2D eigenvalue weighted by molar-refractivity contribution is 0.0949. The van der Waals surface area contributed by atoms with Gasteiger partial charge in [-0.1, -0.05) is 12.1 Å². The van der Waals surface area contributed by atoms with Crippen LogP contribution in [0.3, 0.4) is 0 Å². The van der Waals surface area contributed by atoms with Gasteiger partial charge in [0.2, 0.25) is 5.13 Å². The minimum Gasteiger partial charge on any atom is -0.350 e. The molecule has 0 radical (unpaired) electrons. The van der Waals surface area contributed by atoms with E-state index in [1.807, 2.05) is 54.2 Å². The first-order valence-electron chi connectivity index (χ1n) is 8.58. The van der Waals surface area contributed by atoms with Crippen molar-refractivity contribution in [3.8, 4) is 5.13 Å². The van der Waals surface area contributed by atoms with Crippen LogP contribution >= 0.6 is 11.3 Å². The van der Waals surface area contributed by atoms with Crippen molar-refractivity contribution >= 4 is 28.3 Å². The fourth-order valence-electron chi connectivity index (χ4n) is 2.79. The summed E-state index contributed by atoms with van der Waals surface area (Å²) >= 11 is 1.54. The maximum Gasteiger partial charge on any atom is 0.271 e. The highest BCUT2D eigenvalue weighted by molar-refractivity contribution is 7.12. The van der Waals surface area contributed by atoms with Crippen LogP contribution in [0.15, 0.2) is 41.9 Å². The summed E-state index contributed by atoms with van der Waals surface area (Å²) in [4.78, 5) is 25.5. The molecule has 27 heavy (non-hydrogen) atoms. The van der Waals surface area contributed by atoms with Crippen LogP contribution in [0.2, 0.25) is 0 Å². The van der Waals surface area contributed by atoms with Crippen LogP contribution in [0.1, 0.15) is 27.6 Å². The first-order chi connectivity index (χ1) is 13.1. The van der Waals surface area contributed by atoms with Gasteiger partial charge in [-0.3, -0.25) is 9.78 Å². The summed E-state index contributed by atoms with van der Waals surface area (Å²) < 4.78 is 1.84. The molecule has 0 atom stereocenters. The van der Waals surface area contributed by atoms with Crippen LogP contribution in [0, 0.1) is 13.8 Å². The zero-order valence-electron chi connectivity index (χ0n) is 15.0. The summed E-state index contributed by atoms with van der Waals surface area (Å²) in [6.07, 6.45) is 2.14. The van der Waals surface area contributed by atoms with Gasteiger partial charge >= 0.3 is 0 Å². The van der Waals surface area contributed by atoms with Gasteiger partial charge in [-0.25, -0.2) is 14.6 Å². The van der Waals surface area contributed by atoms with E-state index in [4.69, 9.17) is 0 Å². The minimum atomic E-state index is -0.234. The van der Waals surface area contributed by atoms with Crippen LogP contribution in [0.4, 0.5) is 0 Å². The van der Waals surface area contributed by atoms with E-state index in [1.54, 1.807) is 11.3 Å². The van der Waals surface area contributed by atoms with Gasteiger partial charge in [0.05, 0.1) is 28.6 Å². The Hall–Kier alpha value is -3.13. The Bertz CT molecular complexity index is 1120. The molecule has 7 nitrogen and oxygen atoms in total. The lowest BCUT2D eigenvalue weighted by Gasteiger charge is -2.04. The number of hydrogen-bond acceptors (Lipinski definition) is 6. The van der Waals surface area contributed by atoms with E-state index in [-0.39, 0.29) is 5.91 Å². The molecule has 0 aliphatic heterocycles. The van der Waals surface area contributed by atoms with Crippen LogP contribution < -0.4 is 5.32 Å². The molecule has 0 aliphatic rings. The van der Waals surface area contributed by atoms with Gasteiger partial charge in [0, 0.05) is 24.0 Å². The van der Waals surface area contributed by atoms with E-state index in [1.165, 1.54) is 6.20 Å². The summed E-state index contributed by atoms with van der Waals surface area (Å²) in [5, 5.41) is 10.2. The average molecular weight is 378 g/mol. The molecule has 0 unspecified atom stereocenters. The number of thiazole rings is 1. The largest absolute Gasteiger partial charge is 0.350 e. The monoisotopic (exact) mass is 378 g/mol. The molecule has 1 amide bonds. The molecule has 0 aliphatic carbocycles. The fraction of sp³-hybridized carbons (Fsp3) is 0.211. The molecule has 0 bridgehead atoms. The number of nitrogens with zero attached hydrogens (tertiary/aromatic N) is 5. The third-order valence-electron chi connectivity index (χ3n) is 4.08. The Labute approximate surface area is 160 Å². The fourth-order valence-corrected chi connectivity index (χ4v) is 3.66. The zero-order chi connectivity index (χ0) is 18.8. The number of carbonyl (C=O) groups excluding carboxylic acids is 1. The number of aromatic nitrogens is 5. The van der Waals surface area contributed by atoms with Crippen molar-refractivity contribution < 1.29 is 4.79 Å². The first-order valence-corrected chi connectivity index (χ1v) is 9.46. The average Bonchev–Trinajstić information content (AvgIpc) is 3.27. The third kappa shape index (κ3) is 3.70. The second-order valence-electron chi connectivity index (χ2n) is 6.21. The molecule has 1 N–H and O–H groups in total. The highest BCUT2D eigenvalue weighted by Gasteiger charge is 2.11. The van der Waals surface area contributed by atoms with Gasteiger partial charge in [-0.15, -0.1) is 11.3 Å². The van der Waals surface area contributed by atoms with E-state index in [9.17, 15) is 4.79 Å². The quantitative estimate of drug-likeness (QED) is 0.577. The SMILES string of the molecule is Cc1cc(C)n(-c2nc(CCNC(=O)c3cnc4ccccc4n3)cs2)n1. The molecular formula is C19H18N6OS. The highest BCUT2D eigenvalue weighted by Crippen LogP contribution is 2.17. The molecule has 3 heterocycles. The molecule has 3 aromatic heterocycles. The molecule has 4 aromatic rings. The number of carbonyl (C=O) groups is 1. The van der Waals surface area contributed by atoms with Crippen LogP contribution in [-0.4, -0.2) is 37.2 Å². The molecule has 1 aromatic carbocycles. The number of rotatable bonds is 5. The number of aryl methyl sites for hydroxylation is 2. The molecule has 136 valence electrons. The minimum absolute atomic E-state index is 0.234. The van der Waals surface area contributed by atoms with Crippen molar-refractivity contribution in [2.24, 2.45) is 0 Å². The predicted octanol–water partition coefficient (Wildman–Crippen LogP) is 2.86. The van der Waals surface area contributed by atoms with Crippen molar-refractivity contribution in [1.82, 2.24) is 30.0 Å². The lowest BCUT2D eigenvalue weighted by atomic mass is 10.3. The van der Waals surface area contributed by atoms with E-state index in [0.29, 0.717) is 24.2 Å². The molecule has 4 rings (SSSR count). The number of para-hydroxylation sites is 2. The first kappa shape index (κ1) is 17.3. The van der Waals surface area contributed by atoms with Gasteiger partial charge < -0.3 is 5.32 Å². The second kappa shape index (κ2) is 7.24. The molecule has 8 heteroatoms. The van der Waals surface area contributed by atoms with Crippen molar-refractivity contribution in [2.45, 2.75) is 20.3 Å². The van der Waals surface area contributed by atoms with E-state index in [2.05, 4.69) is 25.4 Å². The van der Waals surface area contributed by atoms with Gasteiger partial charge in [0.15, 0.2) is 0 Å². The van der Waals surface area contributed by atoms with Crippen LogP contribution in [-0.2, 0) is 6.42 Å². The number of benzene rings is 1. The molecule has 0 fully saturated rings. The summed E-state index contributed by atoms with van der Waals surface area (Å²) in [5.74, 6) is -0.234. The Morgan fingerprint density at radius 3 is 2.78 bits per heavy atom. The summed E-state index contributed by atoms with van der Waals surface area (Å²) in [5.41, 5.74) is 4.74. The van der Waals surface area contributed by atoms with Crippen LogP contribution in [0.5, 0.6) is 0 Å². The van der Waals surface area contributed by atoms with E-state index < -0.39 is 0 Å². The van der Waals surface area contributed by atoms with Crippen molar-refractivity contribution in [2.75, 3.05) is 6.54 Å². The Morgan fingerprint density at radius 1 is 1.19 bits per heavy atom. The Kier molecular flexibility index (Phi) is 4.64. The summed E-state index contributed by atoms with van der Waals surface area (Å²) in [7, 11) is 0. The maximum absolute atomic E-state index is 12.3.